The highest BCUT2D eigenvalue weighted by atomic mass is 127. The molecule has 0 saturated heterocycles. The standard InChI is InChI=1S/C15H21N5O2.HI/c1-21-12-4-5-14(22-2)13(10-12)19-15(16)18-6-3-8-20-9-7-17-11-20;/h4-5,7,9-11H,3,6,8H2,1-2H3,(H3,16,18,19);1H. The van der Waals surface area contributed by atoms with E-state index in [-0.39, 0.29) is 24.0 Å². The molecule has 0 bridgehead atoms. The molecule has 0 aliphatic heterocycles. The van der Waals surface area contributed by atoms with Gasteiger partial charge in [-0.2, -0.15) is 0 Å². The molecular formula is C15H22IN5O2. The zero-order valence-corrected chi connectivity index (χ0v) is 15.6. The maximum Gasteiger partial charge on any atom is 0.193 e. The number of nitrogens with zero attached hydrogens (tertiary/aromatic N) is 3. The van der Waals surface area contributed by atoms with Crippen LogP contribution in [0.2, 0.25) is 0 Å². The largest absolute Gasteiger partial charge is 0.497 e. The third-order valence-corrected chi connectivity index (χ3v) is 3.09. The predicted molar refractivity (Wildman–Crippen MR) is 102 cm³/mol. The van der Waals surface area contributed by atoms with Gasteiger partial charge in [0.25, 0.3) is 0 Å². The van der Waals surface area contributed by atoms with Crippen LogP contribution in [0.15, 0.2) is 41.9 Å². The lowest BCUT2D eigenvalue weighted by atomic mass is 10.2. The van der Waals surface area contributed by atoms with E-state index in [9.17, 15) is 0 Å². The van der Waals surface area contributed by atoms with E-state index >= 15 is 0 Å². The van der Waals surface area contributed by atoms with Crippen molar-refractivity contribution < 1.29 is 9.47 Å². The summed E-state index contributed by atoms with van der Waals surface area (Å²) in [4.78, 5) is 8.29. The summed E-state index contributed by atoms with van der Waals surface area (Å²) >= 11 is 0. The molecule has 0 aliphatic carbocycles. The number of methoxy groups -OCH3 is 2. The molecule has 0 saturated carbocycles. The van der Waals surface area contributed by atoms with Crippen LogP contribution in [0, 0.1) is 0 Å². The van der Waals surface area contributed by atoms with Gasteiger partial charge in [-0.1, -0.05) is 0 Å². The Morgan fingerprint density at radius 3 is 2.83 bits per heavy atom. The van der Waals surface area contributed by atoms with Gasteiger partial charge in [0.15, 0.2) is 5.96 Å². The van der Waals surface area contributed by atoms with Crippen LogP contribution in [-0.2, 0) is 6.54 Å². The lowest BCUT2D eigenvalue weighted by Gasteiger charge is -2.12. The number of guanidine groups is 1. The van der Waals surface area contributed by atoms with Crippen molar-refractivity contribution in [1.82, 2.24) is 9.55 Å². The first kappa shape index (κ1) is 19.1. The molecule has 1 aromatic heterocycles. The van der Waals surface area contributed by atoms with Crippen LogP contribution >= 0.6 is 24.0 Å². The normalized spacial score (nSPS) is 10.8. The van der Waals surface area contributed by atoms with E-state index in [0.717, 1.165) is 24.4 Å². The lowest BCUT2D eigenvalue weighted by molar-refractivity contribution is 0.405. The van der Waals surface area contributed by atoms with Crippen molar-refractivity contribution in [3.63, 3.8) is 0 Å². The van der Waals surface area contributed by atoms with Crippen molar-refractivity contribution >= 4 is 35.6 Å². The number of anilines is 1. The summed E-state index contributed by atoms with van der Waals surface area (Å²) in [6, 6.07) is 5.45. The quantitative estimate of drug-likeness (QED) is 0.304. The summed E-state index contributed by atoms with van der Waals surface area (Å²) in [7, 11) is 3.21. The Morgan fingerprint density at radius 1 is 1.35 bits per heavy atom. The van der Waals surface area contributed by atoms with E-state index in [1.54, 1.807) is 26.7 Å². The molecule has 0 atom stereocenters. The molecule has 3 N–H and O–H groups in total. The van der Waals surface area contributed by atoms with Gasteiger partial charge < -0.3 is 25.1 Å². The van der Waals surface area contributed by atoms with Gasteiger partial charge in [-0.15, -0.1) is 24.0 Å². The maximum absolute atomic E-state index is 5.90. The molecule has 0 radical (unpaired) electrons. The number of ether oxygens (including phenoxy) is 2. The Balaban J connectivity index is 0.00000264. The van der Waals surface area contributed by atoms with Gasteiger partial charge in [0, 0.05) is 31.5 Å². The number of benzene rings is 1. The van der Waals surface area contributed by atoms with E-state index in [1.807, 2.05) is 29.0 Å². The Morgan fingerprint density at radius 2 is 2.17 bits per heavy atom. The van der Waals surface area contributed by atoms with Gasteiger partial charge in [-0.05, 0) is 18.6 Å². The summed E-state index contributed by atoms with van der Waals surface area (Å²) in [5.41, 5.74) is 6.62. The molecule has 126 valence electrons. The van der Waals surface area contributed by atoms with E-state index in [1.165, 1.54) is 0 Å². The van der Waals surface area contributed by atoms with E-state index in [0.29, 0.717) is 18.3 Å². The Bertz CT molecular complexity index is 616. The van der Waals surface area contributed by atoms with Crippen LogP contribution in [-0.4, -0.2) is 36.3 Å². The van der Waals surface area contributed by atoms with Crippen LogP contribution in [0.4, 0.5) is 5.69 Å². The molecule has 2 aromatic rings. The van der Waals surface area contributed by atoms with Crippen molar-refractivity contribution in [2.24, 2.45) is 10.7 Å². The van der Waals surface area contributed by atoms with E-state index in [4.69, 9.17) is 15.2 Å². The minimum absolute atomic E-state index is 0. The molecule has 0 aliphatic rings. The molecule has 7 nitrogen and oxygen atoms in total. The minimum atomic E-state index is 0. The maximum atomic E-state index is 5.90. The van der Waals surface area contributed by atoms with Gasteiger partial charge in [-0.25, -0.2) is 4.98 Å². The number of nitrogens with one attached hydrogen (secondary N) is 1. The smallest absolute Gasteiger partial charge is 0.193 e. The highest BCUT2D eigenvalue weighted by Gasteiger charge is 2.05. The van der Waals surface area contributed by atoms with Crippen molar-refractivity contribution in [2.75, 3.05) is 26.1 Å². The molecule has 23 heavy (non-hydrogen) atoms. The number of aryl methyl sites for hydroxylation is 1. The number of rotatable bonds is 7. The fraction of sp³-hybridized carbons (Fsp3) is 0.333. The molecule has 8 heteroatoms. The summed E-state index contributed by atoms with van der Waals surface area (Å²) in [6.45, 7) is 1.49. The van der Waals surface area contributed by atoms with Crippen LogP contribution in [0.3, 0.4) is 0 Å². The molecule has 0 fully saturated rings. The first-order chi connectivity index (χ1) is 10.7. The highest BCUT2D eigenvalue weighted by Crippen LogP contribution is 2.28. The van der Waals surface area contributed by atoms with Gasteiger partial charge in [-0.3, -0.25) is 4.99 Å². The van der Waals surface area contributed by atoms with Crippen LogP contribution < -0.4 is 20.5 Å². The van der Waals surface area contributed by atoms with Crippen LogP contribution in [0.5, 0.6) is 11.5 Å². The third-order valence-electron chi connectivity index (χ3n) is 3.09. The number of aliphatic imine (C=N–C) groups is 1. The number of nitrogens with two attached hydrogens (primary N) is 1. The average molecular weight is 431 g/mol. The van der Waals surface area contributed by atoms with Crippen molar-refractivity contribution in [1.29, 1.82) is 0 Å². The predicted octanol–water partition coefficient (Wildman–Crippen LogP) is 2.34. The second-order valence-electron chi connectivity index (χ2n) is 4.61. The molecule has 2 rings (SSSR count). The average Bonchev–Trinajstić information content (AvgIpc) is 3.05. The second-order valence-corrected chi connectivity index (χ2v) is 4.61. The van der Waals surface area contributed by atoms with Crippen molar-refractivity contribution in [2.45, 2.75) is 13.0 Å². The molecule has 1 heterocycles. The molecule has 0 unspecified atom stereocenters. The van der Waals surface area contributed by atoms with E-state index in [2.05, 4.69) is 15.3 Å². The van der Waals surface area contributed by atoms with Crippen molar-refractivity contribution in [3.8, 4) is 11.5 Å². The zero-order chi connectivity index (χ0) is 15.8. The number of halogens is 1. The third kappa shape index (κ3) is 5.97. The SMILES string of the molecule is COc1ccc(OC)c(NC(N)=NCCCn2ccnc2)c1.I. The monoisotopic (exact) mass is 431 g/mol. The van der Waals surface area contributed by atoms with Crippen LogP contribution in [0.1, 0.15) is 6.42 Å². The molecule has 0 spiro atoms. The number of aromatic nitrogens is 2. The highest BCUT2D eigenvalue weighted by molar-refractivity contribution is 14.0. The van der Waals surface area contributed by atoms with E-state index < -0.39 is 0 Å². The summed E-state index contributed by atoms with van der Waals surface area (Å²) in [6.07, 6.45) is 6.35. The van der Waals surface area contributed by atoms with Gasteiger partial charge in [0.05, 0.1) is 26.2 Å². The molecular weight excluding hydrogens is 409 g/mol. The minimum Gasteiger partial charge on any atom is -0.497 e. The van der Waals surface area contributed by atoms with Gasteiger partial charge in [0.1, 0.15) is 11.5 Å². The summed E-state index contributed by atoms with van der Waals surface area (Å²) < 4.78 is 12.5. The Hall–Kier alpha value is -1.97. The first-order valence-corrected chi connectivity index (χ1v) is 6.97. The second kappa shape index (κ2) is 9.93. The lowest BCUT2D eigenvalue weighted by Crippen LogP contribution is -2.23. The molecule has 1 aromatic carbocycles. The number of hydrogen-bond acceptors (Lipinski definition) is 4. The zero-order valence-electron chi connectivity index (χ0n) is 13.2. The number of imidazole rings is 1. The van der Waals surface area contributed by atoms with Gasteiger partial charge >= 0.3 is 0 Å². The van der Waals surface area contributed by atoms with Crippen molar-refractivity contribution in [3.05, 3.63) is 36.9 Å². The Kier molecular flexibility index (Phi) is 8.23. The summed E-state index contributed by atoms with van der Waals surface area (Å²) in [5.74, 6) is 1.74. The Labute approximate surface area is 152 Å². The fourth-order valence-electron chi connectivity index (χ4n) is 1.96. The number of hydrogen-bond donors (Lipinski definition) is 2. The first-order valence-electron chi connectivity index (χ1n) is 6.97. The molecule has 0 amide bonds. The fourth-order valence-corrected chi connectivity index (χ4v) is 1.96. The van der Waals surface area contributed by atoms with Gasteiger partial charge in [0.2, 0.25) is 0 Å². The summed E-state index contributed by atoms with van der Waals surface area (Å²) in [5, 5.41) is 3.03. The van der Waals surface area contributed by atoms with Crippen LogP contribution in [0.25, 0.3) is 0 Å². The topological polar surface area (TPSA) is 86.7 Å².